The number of hydrogen-bond donors (Lipinski definition) is 3. The lowest BCUT2D eigenvalue weighted by Crippen LogP contribution is -2.41. The van der Waals surface area contributed by atoms with Gasteiger partial charge in [0.15, 0.2) is 0 Å². The molecule has 130 valence electrons. The third-order valence-electron chi connectivity index (χ3n) is 2.87. The van der Waals surface area contributed by atoms with Gasteiger partial charge in [-0.1, -0.05) is 6.07 Å². The third kappa shape index (κ3) is 5.91. The third-order valence-corrected chi connectivity index (χ3v) is 4.77. The van der Waals surface area contributed by atoms with E-state index in [4.69, 9.17) is 10.5 Å². The van der Waals surface area contributed by atoms with Crippen LogP contribution in [0.3, 0.4) is 0 Å². The number of carbonyl (C=O) groups excluding carboxylic acids is 1. The molecule has 0 saturated carbocycles. The van der Waals surface area contributed by atoms with Crippen molar-refractivity contribution in [2.75, 3.05) is 19.0 Å². The summed E-state index contributed by atoms with van der Waals surface area (Å²) in [6.07, 6.45) is 0. The normalized spacial score (nSPS) is 13.7. The van der Waals surface area contributed by atoms with Crippen LogP contribution in [-0.4, -0.2) is 39.6 Å². The standard InChI is InChI=1S/C15H25N3O4S/c1-10-6-7-11(17-14(19)12(16)9-22-5)8-13(10)23(20,21)18-15(2,3)4/h6-8,12,18H,9,16H2,1-5H3,(H,17,19). The fourth-order valence-electron chi connectivity index (χ4n) is 1.92. The number of methoxy groups -OCH3 is 1. The molecule has 1 amide bonds. The van der Waals surface area contributed by atoms with Crippen molar-refractivity contribution >= 4 is 21.6 Å². The van der Waals surface area contributed by atoms with Crippen LogP contribution in [0.15, 0.2) is 23.1 Å². The number of nitrogens with one attached hydrogen (secondary N) is 2. The maximum atomic E-state index is 12.5. The molecule has 23 heavy (non-hydrogen) atoms. The molecule has 1 aromatic carbocycles. The van der Waals surface area contributed by atoms with E-state index in [1.165, 1.54) is 13.2 Å². The SMILES string of the molecule is COCC(N)C(=O)Nc1ccc(C)c(S(=O)(=O)NC(C)(C)C)c1. The van der Waals surface area contributed by atoms with Crippen molar-refractivity contribution in [1.29, 1.82) is 0 Å². The van der Waals surface area contributed by atoms with E-state index in [2.05, 4.69) is 10.0 Å². The molecule has 0 fully saturated rings. The molecule has 0 aromatic heterocycles. The summed E-state index contributed by atoms with van der Waals surface area (Å²) in [6.45, 7) is 7.05. The highest BCUT2D eigenvalue weighted by Crippen LogP contribution is 2.21. The van der Waals surface area contributed by atoms with Gasteiger partial charge in [0.25, 0.3) is 0 Å². The fourth-order valence-corrected chi connectivity index (χ4v) is 3.61. The van der Waals surface area contributed by atoms with Gasteiger partial charge in [0.1, 0.15) is 6.04 Å². The molecule has 0 heterocycles. The van der Waals surface area contributed by atoms with E-state index < -0.39 is 27.5 Å². The zero-order valence-electron chi connectivity index (χ0n) is 14.1. The lowest BCUT2D eigenvalue weighted by molar-refractivity contribution is -0.118. The minimum absolute atomic E-state index is 0.0778. The zero-order chi connectivity index (χ0) is 17.8. The van der Waals surface area contributed by atoms with E-state index in [-0.39, 0.29) is 11.5 Å². The van der Waals surface area contributed by atoms with Gasteiger partial charge >= 0.3 is 0 Å². The summed E-state index contributed by atoms with van der Waals surface area (Å²) in [7, 11) is -2.25. The van der Waals surface area contributed by atoms with Gasteiger partial charge in [0.2, 0.25) is 15.9 Å². The van der Waals surface area contributed by atoms with Crippen LogP contribution in [-0.2, 0) is 19.6 Å². The van der Waals surface area contributed by atoms with E-state index in [1.807, 2.05) is 0 Å². The second-order valence-corrected chi connectivity index (χ2v) is 8.04. The van der Waals surface area contributed by atoms with E-state index >= 15 is 0 Å². The first-order valence-corrected chi connectivity index (χ1v) is 8.64. The monoisotopic (exact) mass is 343 g/mol. The maximum Gasteiger partial charge on any atom is 0.243 e. The van der Waals surface area contributed by atoms with Gasteiger partial charge in [-0.05, 0) is 45.4 Å². The van der Waals surface area contributed by atoms with Gasteiger partial charge in [-0.2, -0.15) is 0 Å². The number of nitrogens with two attached hydrogens (primary N) is 1. The van der Waals surface area contributed by atoms with E-state index in [0.29, 0.717) is 11.3 Å². The quantitative estimate of drug-likeness (QED) is 0.713. The molecule has 1 rings (SSSR count). The highest BCUT2D eigenvalue weighted by molar-refractivity contribution is 7.89. The van der Waals surface area contributed by atoms with E-state index in [0.717, 1.165) is 0 Å². The van der Waals surface area contributed by atoms with Crippen LogP contribution in [0.25, 0.3) is 0 Å². The molecule has 0 radical (unpaired) electrons. The van der Waals surface area contributed by atoms with Gasteiger partial charge in [0.05, 0.1) is 11.5 Å². The van der Waals surface area contributed by atoms with Gasteiger partial charge in [-0.25, -0.2) is 13.1 Å². The Balaban J connectivity index is 3.07. The van der Waals surface area contributed by atoms with Crippen LogP contribution < -0.4 is 15.8 Å². The highest BCUT2D eigenvalue weighted by atomic mass is 32.2. The lowest BCUT2D eigenvalue weighted by Gasteiger charge is -2.21. The number of ether oxygens (including phenoxy) is 1. The first-order chi connectivity index (χ1) is 10.5. The molecular weight excluding hydrogens is 318 g/mol. The predicted octanol–water partition coefficient (Wildman–Crippen LogP) is 0.984. The van der Waals surface area contributed by atoms with Gasteiger partial charge in [-0.15, -0.1) is 0 Å². The molecule has 0 aliphatic heterocycles. The molecule has 1 unspecified atom stereocenters. The summed E-state index contributed by atoms with van der Waals surface area (Å²) >= 11 is 0. The molecule has 7 nitrogen and oxygen atoms in total. The summed E-state index contributed by atoms with van der Waals surface area (Å²) < 4.78 is 32.4. The van der Waals surface area contributed by atoms with Crippen LogP contribution in [0.1, 0.15) is 26.3 Å². The Morgan fingerprint density at radius 3 is 2.48 bits per heavy atom. The molecule has 1 atom stereocenters. The fraction of sp³-hybridized carbons (Fsp3) is 0.533. The number of carbonyl (C=O) groups is 1. The van der Waals surface area contributed by atoms with Gasteiger partial charge in [0, 0.05) is 18.3 Å². The molecule has 0 aliphatic rings. The van der Waals surface area contributed by atoms with Crippen molar-refractivity contribution in [3.8, 4) is 0 Å². The number of anilines is 1. The number of benzene rings is 1. The minimum Gasteiger partial charge on any atom is -0.383 e. The Labute approximate surface area is 137 Å². The maximum absolute atomic E-state index is 12.5. The molecule has 0 spiro atoms. The second kappa shape index (κ2) is 7.39. The van der Waals surface area contributed by atoms with Crippen molar-refractivity contribution in [2.45, 2.75) is 44.2 Å². The Kier molecular flexibility index (Phi) is 6.29. The predicted molar refractivity (Wildman–Crippen MR) is 89.7 cm³/mol. The minimum atomic E-state index is -3.69. The summed E-state index contributed by atoms with van der Waals surface area (Å²) in [5.41, 5.74) is 5.99. The average molecular weight is 343 g/mol. The van der Waals surface area contributed by atoms with Crippen LogP contribution in [0.2, 0.25) is 0 Å². The topological polar surface area (TPSA) is 111 Å². The van der Waals surface area contributed by atoms with Crippen LogP contribution in [0, 0.1) is 6.92 Å². The smallest absolute Gasteiger partial charge is 0.243 e. The molecule has 8 heteroatoms. The van der Waals surface area contributed by atoms with Crippen molar-refractivity contribution < 1.29 is 17.9 Å². The number of rotatable bonds is 6. The number of amides is 1. The highest BCUT2D eigenvalue weighted by Gasteiger charge is 2.24. The number of aryl methyl sites for hydroxylation is 1. The molecule has 4 N–H and O–H groups in total. The first kappa shape index (κ1) is 19.6. The second-order valence-electron chi connectivity index (χ2n) is 6.39. The summed E-state index contributed by atoms with van der Waals surface area (Å²) in [6, 6.07) is 3.85. The van der Waals surface area contributed by atoms with E-state index in [1.54, 1.807) is 39.8 Å². The molecule has 1 aromatic rings. The van der Waals surface area contributed by atoms with Crippen molar-refractivity contribution in [3.05, 3.63) is 23.8 Å². The first-order valence-electron chi connectivity index (χ1n) is 7.16. The molecule has 0 aliphatic carbocycles. The van der Waals surface area contributed by atoms with Crippen LogP contribution >= 0.6 is 0 Å². The lowest BCUT2D eigenvalue weighted by atomic mass is 10.1. The Bertz CT molecular complexity index is 666. The van der Waals surface area contributed by atoms with Crippen molar-refractivity contribution in [3.63, 3.8) is 0 Å². The van der Waals surface area contributed by atoms with Crippen LogP contribution in [0.4, 0.5) is 5.69 Å². The number of sulfonamides is 1. The Morgan fingerprint density at radius 2 is 1.96 bits per heavy atom. The van der Waals surface area contributed by atoms with Crippen molar-refractivity contribution in [2.24, 2.45) is 5.73 Å². The largest absolute Gasteiger partial charge is 0.383 e. The summed E-state index contributed by atoms with van der Waals surface area (Å²) in [5.74, 6) is -0.442. The summed E-state index contributed by atoms with van der Waals surface area (Å²) in [4.78, 5) is 12.0. The Morgan fingerprint density at radius 1 is 1.35 bits per heavy atom. The van der Waals surface area contributed by atoms with Crippen molar-refractivity contribution in [1.82, 2.24) is 4.72 Å². The molecule has 0 saturated heterocycles. The zero-order valence-corrected chi connectivity index (χ0v) is 15.0. The average Bonchev–Trinajstić information content (AvgIpc) is 2.38. The van der Waals surface area contributed by atoms with Gasteiger partial charge in [-0.3, -0.25) is 4.79 Å². The molecular formula is C15H25N3O4S. The van der Waals surface area contributed by atoms with Crippen LogP contribution in [0.5, 0.6) is 0 Å². The van der Waals surface area contributed by atoms with E-state index in [9.17, 15) is 13.2 Å². The van der Waals surface area contributed by atoms with Gasteiger partial charge < -0.3 is 15.8 Å². The number of hydrogen-bond acceptors (Lipinski definition) is 5. The molecule has 0 bridgehead atoms. The summed E-state index contributed by atoms with van der Waals surface area (Å²) in [5, 5.41) is 2.59. The Hall–Kier alpha value is -1.48.